The number of pyridine rings is 1. The van der Waals surface area contributed by atoms with Crippen LogP contribution in [0.4, 0.5) is 0 Å². The van der Waals surface area contributed by atoms with Crippen LogP contribution in [0.1, 0.15) is 10.4 Å². The van der Waals surface area contributed by atoms with Crippen LogP contribution < -0.4 is 0 Å². The van der Waals surface area contributed by atoms with Crippen LogP contribution in [0.2, 0.25) is 0 Å². The van der Waals surface area contributed by atoms with Crippen molar-refractivity contribution in [1.29, 1.82) is 0 Å². The van der Waals surface area contributed by atoms with Crippen molar-refractivity contribution in [1.82, 2.24) is 4.98 Å². The van der Waals surface area contributed by atoms with E-state index >= 15 is 0 Å². The van der Waals surface area contributed by atoms with Crippen LogP contribution in [-0.4, -0.2) is 4.98 Å². The first-order valence-corrected chi connectivity index (χ1v) is 12.3. The third-order valence-electron chi connectivity index (χ3n) is 6.80. The Balaban J connectivity index is 1.55. The van der Waals surface area contributed by atoms with E-state index in [2.05, 4.69) is 97.1 Å². The molecular weight excluding hydrogens is 418 g/mol. The molecule has 2 heterocycles. The van der Waals surface area contributed by atoms with E-state index in [1.807, 2.05) is 17.5 Å². The Morgan fingerprint density at radius 2 is 1.48 bits per heavy atom. The molecule has 0 spiro atoms. The number of aromatic nitrogens is 1. The van der Waals surface area contributed by atoms with Gasteiger partial charge in [-0.3, -0.25) is 4.98 Å². The Kier molecular flexibility index (Phi) is 4.21. The monoisotopic (exact) mass is 439 g/mol. The summed E-state index contributed by atoms with van der Waals surface area (Å²) >= 11 is 1.94. The number of nitrogens with zero attached hydrogens (tertiary/aromatic N) is 1. The highest BCUT2D eigenvalue weighted by Gasteiger charge is 2.24. The van der Waals surface area contributed by atoms with Crippen molar-refractivity contribution >= 4 is 32.2 Å². The summed E-state index contributed by atoms with van der Waals surface area (Å²) in [7, 11) is 0. The third kappa shape index (κ3) is 2.95. The Bertz CT molecular complexity index is 1660. The summed E-state index contributed by atoms with van der Waals surface area (Å²) in [4.78, 5) is 6.47. The highest BCUT2D eigenvalue weighted by molar-refractivity contribution is 7.19. The highest BCUT2D eigenvalue weighted by Crippen LogP contribution is 2.47. The van der Waals surface area contributed by atoms with Crippen molar-refractivity contribution in [2.75, 3.05) is 0 Å². The number of fused-ring (bicyclic) bond motifs is 6. The summed E-state index contributed by atoms with van der Waals surface area (Å²) in [5.41, 5.74) is 8.99. The SMILES string of the molecule is c1ccc(-c2cc(-c3nccc4sc5c(c34)-c3ccccc3CC5)cc3ccccc23)cc1. The van der Waals surface area contributed by atoms with Gasteiger partial charge in [0.25, 0.3) is 0 Å². The molecule has 0 N–H and O–H groups in total. The number of hydrogen-bond acceptors (Lipinski definition) is 2. The predicted molar refractivity (Wildman–Crippen MR) is 141 cm³/mol. The molecule has 4 aromatic carbocycles. The van der Waals surface area contributed by atoms with Crippen molar-refractivity contribution in [3.63, 3.8) is 0 Å². The van der Waals surface area contributed by atoms with Crippen LogP contribution in [0.25, 0.3) is 54.4 Å². The summed E-state index contributed by atoms with van der Waals surface area (Å²) in [6.07, 6.45) is 4.20. The van der Waals surface area contributed by atoms with Crippen molar-refractivity contribution in [2.24, 2.45) is 0 Å². The molecule has 0 amide bonds. The Morgan fingerprint density at radius 3 is 2.42 bits per heavy atom. The molecule has 1 nitrogen and oxygen atoms in total. The van der Waals surface area contributed by atoms with Crippen LogP contribution in [0.15, 0.2) is 103 Å². The molecule has 0 saturated carbocycles. The molecule has 0 aliphatic heterocycles. The maximum absolute atomic E-state index is 4.98. The molecule has 156 valence electrons. The van der Waals surface area contributed by atoms with Gasteiger partial charge in [-0.1, -0.05) is 78.9 Å². The van der Waals surface area contributed by atoms with Crippen LogP contribution in [0, 0.1) is 0 Å². The smallest absolute Gasteiger partial charge is 0.0795 e. The Labute approximate surface area is 197 Å². The zero-order valence-corrected chi connectivity index (χ0v) is 18.9. The molecule has 0 unspecified atom stereocenters. The fourth-order valence-electron chi connectivity index (χ4n) is 5.31. The first-order chi connectivity index (χ1) is 16.4. The van der Waals surface area contributed by atoms with Gasteiger partial charge in [-0.2, -0.15) is 0 Å². The van der Waals surface area contributed by atoms with E-state index in [4.69, 9.17) is 4.98 Å². The molecule has 0 bridgehead atoms. The molecule has 0 radical (unpaired) electrons. The molecule has 6 aromatic rings. The van der Waals surface area contributed by atoms with Gasteiger partial charge in [0.2, 0.25) is 0 Å². The van der Waals surface area contributed by atoms with Gasteiger partial charge in [0.1, 0.15) is 0 Å². The predicted octanol–water partition coefficient (Wildman–Crippen LogP) is 8.55. The molecule has 33 heavy (non-hydrogen) atoms. The molecule has 7 rings (SSSR count). The zero-order valence-electron chi connectivity index (χ0n) is 18.1. The fraction of sp³-hybridized carbons (Fsp3) is 0.0645. The lowest BCUT2D eigenvalue weighted by Crippen LogP contribution is -2.01. The maximum atomic E-state index is 4.98. The van der Waals surface area contributed by atoms with E-state index in [-0.39, 0.29) is 0 Å². The largest absolute Gasteiger partial charge is 0.256 e. The van der Waals surface area contributed by atoms with Crippen LogP contribution in [-0.2, 0) is 12.8 Å². The van der Waals surface area contributed by atoms with Gasteiger partial charge in [0, 0.05) is 32.3 Å². The van der Waals surface area contributed by atoms with Gasteiger partial charge in [-0.25, -0.2) is 0 Å². The minimum atomic E-state index is 1.09. The quantitative estimate of drug-likeness (QED) is 0.263. The summed E-state index contributed by atoms with van der Waals surface area (Å²) in [5.74, 6) is 0. The van der Waals surface area contributed by atoms with Crippen molar-refractivity contribution in [3.05, 3.63) is 114 Å². The van der Waals surface area contributed by atoms with Gasteiger partial charge in [0.15, 0.2) is 0 Å². The minimum Gasteiger partial charge on any atom is -0.256 e. The van der Waals surface area contributed by atoms with Crippen LogP contribution in [0.5, 0.6) is 0 Å². The lowest BCUT2D eigenvalue weighted by molar-refractivity contribution is 0.965. The van der Waals surface area contributed by atoms with Crippen molar-refractivity contribution < 1.29 is 0 Å². The maximum Gasteiger partial charge on any atom is 0.0795 e. The number of thiophene rings is 1. The summed E-state index contributed by atoms with van der Waals surface area (Å²) in [6, 6.07) is 35.1. The van der Waals surface area contributed by atoms with Crippen molar-refractivity contribution in [3.8, 4) is 33.5 Å². The van der Waals surface area contributed by atoms with Crippen LogP contribution >= 0.6 is 11.3 Å². The lowest BCUT2D eigenvalue weighted by atomic mass is 9.87. The zero-order chi connectivity index (χ0) is 21.8. The second-order valence-electron chi connectivity index (χ2n) is 8.70. The van der Waals surface area contributed by atoms with Gasteiger partial charge in [-0.05, 0) is 64.1 Å². The second kappa shape index (κ2) is 7.40. The molecule has 0 fully saturated rings. The Hall–Kier alpha value is -3.75. The second-order valence-corrected chi connectivity index (χ2v) is 9.84. The average Bonchev–Trinajstić information content (AvgIpc) is 3.28. The van der Waals surface area contributed by atoms with Gasteiger partial charge < -0.3 is 0 Å². The average molecular weight is 440 g/mol. The lowest BCUT2D eigenvalue weighted by Gasteiger charge is -2.17. The standard InChI is InChI=1S/C31H21NS/c1-2-8-20(9-3-1)26-19-23(18-22-11-5-6-12-24(22)26)31-30-28(16-17-32-31)33-27-15-14-21-10-4-7-13-25(21)29(27)30/h1-13,16-19H,14-15H2. The summed E-state index contributed by atoms with van der Waals surface area (Å²) < 4.78 is 1.33. The molecular formula is C31H21NS. The van der Waals surface area contributed by atoms with Crippen LogP contribution in [0.3, 0.4) is 0 Å². The summed E-state index contributed by atoms with van der Waals surface area (Å²) in [6.45, 7) is 0. The van der Waals surface area contributed by atoms with Gasteiger partial charge in [-0.15, -0.1) is 11.3 Å². The molecule has 0 atom stereocenters. The Morgan fingerprint density at radius 1 is 0.667 bits per heavy atom. The molecule has 2 heteroatoms. The third-order valence-corrected chi connectivity index (χ3v) is 8.02. The van der Waals surface area contributed by atoms with E-state index in [1.54, 1.807) is 0 Å². The number of aryl methyl sites for hydroxylation is 2. The summed E-state index contributed by atoms with van der Waals surface area (Å²) in [5, 5.41) is 3.83. The number of hydrogen-bond donors (Lipinski definition) is 0. The fourth-order valence-corrected chi connectivity index (χ4v) is 6.52. The first-order valence-electron chi connectivity index (χ1n) is 11.4. The number of rotatable bonds is 2. The molecule has 2 aromatic heterocycles. The topological polar surface area (TPSA) is 12.9 Å². The van der Waals surface area contributed by atoms with Crippen molar-refractivity contribution in [2.45, 2.75) is 12.8 Å². The molecule has 0 saturated heterocycles. The van der Waals surface area contributed by atoms with E-state index in [0.717, 1.165) is 18.5 Å². The first kappa shape index (κ1) is 18.8. The molecule has 1 aliphatic carbocycles. The minimum absolute atomic E-state index is 1.09. The van der Waals surface area contributed by atoms with E-state index < -0.39 is 0 Å². The van der Waals surface area contributed by atoms with Gasteiger partial charge in [0.05, 0.1) is 5.69 Å². The van der Waals surface area contributed by atoms with Gasteiger partial charge >= 0.3 is 0 Å². The van der Waals surface area contributed by atoms with E-state index in [0.29, 0.717) is 0 Å². The highest BCUT2D eigenvalue weighted by atomic mass is 32.1. The van der Waals surface area contributed by atoms with E-state index in [1.165, 1.54) is 59.1 Å². The van der Waals surface area contributed by atoms with E-state index in [9.17, 15) is 0 Å². The molecule has 1 aliphatic rings. The normalized spacial score (nSPS) is 12.6. The number of benzene rings is 4.